The smallest absolute Gasteiger partial charge is 0.416 e. The van der Waals surface area contributed by atoms with Gasteiger partial charge in [-0.15, -0.1) is 0 Å². The van der Waals surface area contributed by atoms with Crippen LogP contribution in [-0.2, 0) is 25.7 Å². The summed E-state index contributed by atoms with van der Waals surface area (Å²) in [4.78, 5) is 15.4. The Kier molecular flexibility index (Phi) is 7.48. The third-order valence-electron chi connectivity index (χ3n) is 6.54. The summed E-state index contributed by atoms with van der Waals surface area (Å²) in [5.74, 6) is -0.147. The molecule has 0 fully saturated rings. The number of esters is 1. The van der Waals surface area contributed by atoms with Gasteiger partial charge in [0.2, 0.25) is 0 Å². The number of carbonyl (C=O) groups excluding carboxylic acids is 1. The predicted octanol–water partition coefficient (Wildman–Crippen LogP) is 8.46. The zero-order valence-corrected chi connectivity index (χ0v) is 21.6. The van der Waals surface area contributed by atoms with Crippen LogP contribution < -0.4 is 4.74 Å². The molecule has 3 nitrogen and oxygen atoms in total. The van der Waals surface area contributed by atoms with Gasteiger partial charge < -0.3 is 4.74 Å². The lowest BCUT2D eigenvalue weighted by molar-refractivity contribution is -0.137. The zero-order valence-electron chi connectivity index (χ0n) is 20.1. The quantitative estimate of drug-likeness (QED) is 0.183. The molecule has 0 aliphatic carbocycles. The third-order valence-corrected chi connectivity index (χ3v) is 7.28. The number of rotatable bonds is 5. The molecule has 194 valence electrons. The molecule has 38 heavy (non-hydrogen) atoms. The summed E-state index contributed by atoms with van der Waals surface area (Å²) < 4.78 is 44.6. The molecule has 5 rings (SSSR count). The molecule has 0 aromatic heterocycles. The highest BCUT2D eigenvalue weighted by atomic mass is 35.5. The van der Waals surface area contributed by atoms with Gasteiger partial charge in [0, 0.05) is 19.6 Å². The van der Waals surface area contributed by atoms with Gasteiger partial charge in [-0.05, 0) is 76.7 Å². The Balaban J connectivity index is 1.29. The number of alkyl halides is 3. The first-order valence-electron chi connectivity index (χ1n) is 11.9. The molecular formula is C30H22Cl2F3NO2. The highest BCUT2D eigenvalue weighted by molar-refractivity contribution is 6.42. The molecule has 0 bridgehead atoms. The zero-order chi connectivity index (χ0) is 26.9. The molecule has 4 aromatic rings. The van der Waals surface area contributed by atoms with E-state index in [9.17, 15) is 18.0 Å². The Morgan fingerprint density at radius 2 is 1.63 bits per heavy atom. The maximum Gasteiger partial charge on any atom is 0.416 e. The van der Waals surface area contributed by atoms with Crippen molar-refractivity contribution in [2.75, 3.05) is 6.54 Å². The van der Waals surface area contributed by atoms with Crippen LogP contribution in [0.1, 0.15) is 32.6 Å². The predicted molar refractivity (Wildman–Crippen MR) is 143 cm³/mol. The Morgan fingerprint density at radius 3 is 2.37 bits per heavy atom. The van der Waals surface area contributed by atoms with E-state index in [0.29, 0.717) is 26.9 Å². The normalized spacial score (nSPS) is 13.7. The molecule has 4 aromatic carbocycles. The number of nitrogens with zero attached hydrogens (tertiary/aromatic N) is 1. The number of ether oxygens (including phenoxy) is 1. The number of carbonyl (C=O) groups is 1. The summed E-state index contributed by atoms with van der Waals surface area (Å²) in [6.45, 7) is 2.33. The molecule has 1 heterocycles. The van der Waals surface area contributed by atoms with E-state index in [1.807, 2.05) is 24.3 Å². The van der Waals surface area contributed by atoms with Gasteiger partial charge >= 0.3 is 12.1 Å². The van der Waals surface area contributed by atoms with E-state index in [1.165, 1.54) is 12.1 Å². The fraction of sp³-hybridized carbons (Fsp3) is 0.167. The second-order valence-corrected chi connectivity index (χ2v) is 9.96. The lowest BCUT2D eigenvalue weighted by Crippen LogP contribution is -2.30. The Bertz CT molecular complexity index is 1490. The van der Waals surface area contributed by atoms with Crippen LogP contribution in [0.2, 0.25) is 10.0 Å². The van der Waals surface area contributed by atoms with Gasteiger partial charge in [0.15, 0.2) is 0 Å². The second-order valence-electron chi connectivity index (χ2n) is 9.15. The van der Waals surface area contributed by atoms with Gasteiger partial charge in [0.05, 0.1) is 21.2 Å². The van der Waals surface area contributed by atoms with Crippen LogP contribution in [0.25, 0.3) is 11.1 Å². The standard InChI is InChI=1S/C30H22Cl2F3NO2/c31-27-12-5-19(15-28(27)32)17-36-14-13-21-16-24(11-8-22(21)18-36)38-29(37)26-4-2-1-3-25(26)20-6-9-23(10-7-20)30(33,34)35/h1-12,15-16H,13-14,17-18H2. The van der Waals surface area contributed by atoms with Crippen molar-refractivity contribution in [2.24, 2.45) is 0 Å². The summed E-state index contributed by atoms with van der Waals surface area (Å²) in [6.07, 6.45) is -3.63. The highest BCUT2D eigenvalue weighted by Gasteiger charge is 2.30. The van der Waals surface area contributed by atoms with Gasteiger partial charge in [-0.2, -0.15) is 13.2 Å². The first kappa shape index (κ1) is 26.3. The monoisotopic (exact) mass is 555 g/mol. The molecule has 1 aliphatic heterocycles. The third kappa shape index (κ3) is 5.88. The summed E-state index contributed by atoms with van der Waals surface area (Å²) in [7, 11) is 0. The topological polar surface area (TPSA) is 29.5 Å². The maximum atomic E-state index is 13.1. The van der Waals surface area contributed by atoms with Gasteiger partial charge in [0.25, 0.3) is 0 Å². The van der Waals surface area contributed by atoms with Crippen LogP contribution in [0.3, 0.4) is 0 Å². The van der Waals surface area contributed by atoms with Crippen LogP contribution in [-0.4, -0.2) is 17.4 Å². The lowest BCUT2D eigenvalue weighted by Gasteiger charge is -2.29. The van der Waals surface area contributed by atoms with Crippen LogP contribution in [0.5, 0.6) is 5.75 Å². The molecule has 0 unspecified atom stereocenters. The van der Waals surface area contributed by atoms with Crippen molar-refractivity contribution in [1.82, 2.24) is 4.90 Å². The van der Waals surface area contributed by atoms with Gasteiger partial charge in [-0.3, -0.25) is 4.90 Å². The van der Waals surface area contributed by atoms with Crippen molar-refractivity contribution in [3.8, 4) is 16.9 Å². The van der Waals surface area contributed by atoms with Crippen molar-refractivity contribution < 1.29 is 22.7 Å². The minimum atomic E-state index is -4.43. The Morgan fingerprint density at radius 1 is 0.868 bits per heavy atom. The summed E-state index contributed by atoms with van der Waals surface area (Å²) in [5, 5.41) is 1.07. The minimum Gasteiger partial charge on any atom is -0.423 e. The summed E-state index contributed by atoms with van der Waals surface area (Å²) in [6, 6.07) is 22.7. The van der Waals surface area contributed by atoms with E-state index < -0.39 is 17.7 Å². The highest BCUT2D eigenvalue weighted by Crippen LogP contribution is 2.33. The van der Waals surface area contributed by atoms with Crippen molar-refractivity contribution in [2.45, 2.75) is 25.7 Å². The van der Waals surface area contributed by atoms with Gasteiger partial charge in [0.1, 0.15) is 5.75 Å². The van der Waals surface area contributed by atoms with E-state index >= 15 is 0 Å². The van der Waals surface area contributed by atoms with Gasteiger partial charge in [-0.25, -0.2) is 4.79 Å². The summed E-state index contributed by atoms with van der Waals surface area (Å²) in [5.41, 5.74) is 3.88. The number of hydrogen-bond donors (Lipinski definition) is 0. The van der Waals surface area contributed by atoms with Crippen LogP contribution in [0, 0.1) is 0 Å². The number of hydrogen-bond acceptors (Lipinski definition) is 3. The summed E-state index contributed by atoms with van der Waals surface area (Å²) >= 11 is 12.2. The van der Waals surface area contributed by atoms with Crippen molar-refractivity contribution in [3.63, 3.8) is 0 Å². The van der Waals surface area contributed by atoms with E-state index in [2.05, 4.69) is 4.90 Å². The Hall–Kier alpha value is -3.32. The average molecular weight is 556 g/mol. The SMILES string of the molecule is O=C(Oc1ccc2c(c1)CCN(Cc1ccc(Cl)c(Cl)c1)C2)c1ccccc1-c1ccc(C(F)(F)F)cc1. The van der Waals surface area contributed by atoms with Crippen molar-refractivity contribution in [1.29, 1.82) is 0 Å². The number of fused-ring (bicyclic) bond motifs is 1. The first-order chi connectivity index (χ1) is 18.2. The molecule has 1 aliphatic rings. The molecule has 0 saturated heterocycles. The van der Waals surface area contributed by atoms with Crippen molar-refractivity contribution >= 4 is 29.2 Å². The molecule has 0 amide bonds. The molecule has 8 heteroatoms. The molecule has 0 radical (unpaired) electrons. The maximum absolute atomic E-state index is 13.1. The van der Waals surface area contributed by atoms with E-state index in [-0.39, 0.29) is 5.56 Å². The van der Waals surface area contributed by atoms with Crippen molar-refractivity contribution in [3.05, 3.63) is 123 Å². The second kappa shape index (κ2) is 10.8. The van der Waals surface area contributed by atoms with Crippen LogP contribution >= 0.6 is 23.2 Å². The van der Waals surface area contributed by atoms with Crippen LogP contribution in [0.4, 0.5) is 13.2 Å². The molecular weight excluding hydrogens is 534 g/mol. The number of halogens is 5. The first-order valence-corrected chi connectivity index (χ1v) is 12.7. The Labute approximate surface area is 228 Å². The largest absolute Gasteiger partial charge is 0.423 e. The molecule has 0 atom stereocenters. The van der Waals surface area contributed by atoms with Crippen LogP contribution in [0.15, 0.2) is 84.9 Å². The van der Waals surface area contributed by atoms with E-state index in [1.54, 1.807) is 36.4 Å². The fourth-order valence-corrected chi connectivity index (χ4v) is 4.92. The molecule has 0 spiro atoms. The van der Waals surface area contributed by atoms with E-state index in [0.717, 1.165) is 54.9 Å². The molecule has 0 saturated carbocycles. The minimum absolute atomic E-state index is 0.276. The van der Waals surface area contributed by atoms with E-state index in [4.69, 9.17) is 27.9 Å². The average Bonchev–Trinajstić information content (AvgIpc) is 2.90. The molecule has 0 N–H and O–H groups in total. The lowest BCUT2D eigenvalue weighted by atomic mass is 9.98. The van der Waals surface area contributed by atoms with Gasteiger partial charge in [-0.1, -0.05) is 65.7 Å². The number of benzene rings is 4. The fourth-order valence-electron chi connectivity index (χ4n) is 4.60.